The van der Waals surface area contributed by atoms with Gasteiger partial charge in [-0.25, -0.2) is 0 Å². The Morgan fingerprint density at radius 2 is 2.14 bits per heavy atom. The van der Waals surface area contributed by atoms with E-state index in [1.165, 1.54) is 0 Å². The van der Waals surface area contributed by atoms with Crippen LogP contribution in [-0.4, -0.2) is 12.0 Å². The van der Waals surface area contributed by atoms with E-state index < -0.39 is 5.91 Å². The predicted octanol–water partition coefficient (Wildman–Crippen LogP) is 1.64. The molecule has 1 fully saturated rings. The van der Waals surface area contributed by atoms with Crippen molar-refractivity contribution >= 4 is 5.91 Å². The molecule has 1 aromatic carbocycles. The number of aryl methyl sites for hydroxylation is 1. The third-order valence-corrected chi connectivity index (χ3v) is 2.16. The number of benzene rings is 1. The molecule has 1 amide bonds. The molecule has 1 aliphatic carbocycles. The summed E-state index contributed by atoms with van der Waals surface area (Å²) in [7, 11) is 0. The van der Waals surface area contributed by atoms with Crippen molar-refractivity contribution in [1.82, 2.24) is 0 Å². The Bertz CT molecular complexity index is 370. The molecule has 0 radical (unpaired) electrons. The van der Waals surface area contributed by atoms with Crippen LogP contribution < -0.4 is 10.5 Å². The second-order valence-corrected chi connectivity index (χ2v) is 3.72. The van der Waals surface area contributed by atoms with E-state index in [0.717, 1.165) is 24.2 Å². The number of ether oxygens (including phenoxy) is 1. The largest absolute Gasteiger partial charge is 0.490 e. The third-order valence-electron chi connectivity index (χ3n) is 2.16. The van der Waals surface area contributed by atoms with Gasteiger partial charge >= 0.3 is 0 Å². The van der Waals surface area contributed by atoms with Crippen molar-refractivity contribution in [3.8, 4) is 5.75 Å². The van der Waals surface area contributed by atoms with Gasteiger partial charge in [-0.1, -0.05) is 0 Å². The van der Waals surface area contributed by atoms with Crippen LogP contribution in [0.3, 0.4) is 0 Å². The number of carbonyl (C=O) groups is 1. The van der Waals surface area contributed by atoms with E-state index in [2.05, 4.69) is 0 Å². The summed E-state index contributed by atoms with van der Waals surface area (Å²) >= 11 is 0. The van der Waals surface area contributed by atoms with Crippen molar-refractivity contribution < 1.29 is 9.53 Å². The molecule has 0 unspecified atom stereocenters. The van der Waals surface area contributed by atoms with Crippen molar-refractivity contribution in [1.29, 1.82) is 0 Å². The highest BCUT2D eigenvalue weighted by atomic mass is 16.5. The maximum Gasteiger partial charge on any atom is 0.248 e. The fourth-order valence-electron chi connectivity index (χ4n) is 1.34. The normalized spacial score (nSPS) is 15.2. The lowest BCUT2D eigenvalue weighted by molar-refractivity contribution is 0.0999. The second-order valence-electron chi connectivity index (χ2n) is 3.72. The third kappa shape index (κ3) is 2.05. The summed E-state index contributed by atoms with van der Waals surface area (Å²) in [5, 5.41) is 0. The van der Waals surface area contributed by atoms with E-state index in [4.69, 9.17) is 10.5 Å². The smallest absolute Gasteiger partial charge is 0.248 e. The van der Waals surface area contributed by atoms with Gasteiger partial charge in [0.2, 0.25) is 5.91 Å². The molecule has 1 saturated carbocycles. The lowest BCUT2D eigenvalue weighted by atomic mass is 10.1. The molecule has 0 spiro atoms. The molecule has 74 valence electrons. The first-order chi connectivity index (χ1) is 6.65. The summed E-state index contributed by atoms with van der Waals surface area (Å²) in [6, 6.07) is 5.39. The Morgan fingerprint density at radius 1 is 1.43 bits per heavy atom. The van der Waals surface area contributed by atoms with E-state index in [0.29, 0.717) is 11.7 Å². The highest BCUT2D eigenvalue weighted by Gasteiger charge is 2.23. The Kier molecular flexibility index (Phi) is 2.15. The zero-order valence-corrected chi connectivity index (χ0v) is 8.12. The van der Waals surface area contributed by atoms with E-state index in [1.807, 2.05) is 13.0 Å². The molecule has 1 aliphatic rings. The van der Waals surface area contributed by atoms with Crippen molar-refractivity contribution in [3.63, 3.8) is 0 Å². The molecule has 0 atom stereocenters. The molecule has 0 bridgehead atoms. The van der Waals surface area contributed by atoms with Crippen molar-refractivity contribution in [2.45, 2.75) is 25.9 Å². The second kappa shape index (κ2) is 3.33. The van der Waals surface area contributed by atoms with Crippen LogP contribution in [0.5, 0.6) is 5.75 Å². The van der Waals surface area contributed by atoms with Crippen LogP contribution in [0.1, 0.15) is 28.8 Å². The van der Waals surface area contributed by atoms with Crippen LogP contribution in [0.4, 0.5) is 0 Å². The number of amides is 1. The summed E-state index contributed by atoms with van der Waals surface area (Å²) < 4.78 is 5.59. The van der Waals surface area contributed by atoms with Crippen LogP contribution in [0.2, 0.25) is 0 Å². The topological polar surface area (TPSA) is 52.3 Å². The van der Waals surface area contributed by atoms with E-state index >= 15 is 0 Å². The molecular formula is C11H13NO2. The first-order valence-electron chi connectivity index (χ1n) is 4.73. The Morgan fingerprint density at radius 3 is 2.71 bits per heavy atom. The van der Waals surface area contributed by atoms with Crippen LogP contribution in [0.25, 0.3) is 0 Å². The Labute approximate surface area is 82.9 Å². The van der Waals surface area contributed by atoms with Gasteiger partial charge < -0.3 is 10.5 Å². The summed E-state index contributed by atoms with van der Waals surface area (Å²) in [4.78, 5) is 11.0. The van der Waals surface area contributed by atoms with Crippen molar-refractivity contribution in [2.24, 2.45) is 5.73 Å². The maximum absolute atomic E-state index is 11.0. The summed E-state index contributed by atoms with van der Waals surface area (Å²) in [5.74, 6) is 0.343. The molecule has 0 heterocycles. The average Bonchev–Trinajstić information content (AvgIpc) is 2.87. The molecule has 1 aromatic rings. The fourth-order valence-corrected chi connectivity index (χ4v) is 1.34. The summed E-state index contributed by atoms with van der Waals surface area (Å²) in [5.41, 5.74) is 6.72. The molecule has 0 aliphatic heterocycles. The van der Waals surface area contributed by atoms with Gasteiger partial charge in [-0.15, -0.1) is 0 Å². The molecule has 2 N–H and O–H groups in total. The molecule has 0 aromatic heterocycles. The number of rotatable bonds is 3. The summed E-state index contributed by atoms with van der Waals surface area (Å²) in [6.45, 7) is 1.92. The Hall–Kier alpha value is -1.51. The first-order valence-corrected chi connectivity index (χ1v) is 4.73. The van der Waals surface area contributed by atoms with Crippen LogP contribution in [0.15, 0.2) is 18.2 Å². The van der Waals surface area contributed by atoms with Crippen molar-refractivity contribution in [2.75, 3.05) is 0 Å². The molecule has 0 saturated heterocycles. The zero-order chi connectivity index (χ0) is 10.1. The molecular weight excluding hydrogens is 178 g/mol. The quantitative estimate of drug-likeness (QED) is 0.789. The highest BCUT2D eigenvalue weighted by Crippen LogP contribution is 2.27. The monoisotopic (exact) mass is 191 g/mol. The van der Waals surface area contributed by atoms with E-state index in [1.54, 1.807) is 12.1 Å². The molecule has 14 heavy (non-hydrogen) atoms. The molecule has 3 nitrogen and oxygen atoms in total. The van der Waals surface area contributed by atoms with Gasteiger partial charge in [0.25, 0.3) is 0 Å². The predicted molar refractivity (Wildman–Crippen MR) is 53.3 cm³/mol. The minimum Gasteiger partial charge on any atom is -0.490 e. The minimum absolute atomic E-state index is 0.345. The van der Waals surface area contributed by atoms with Gasteiger partial charge in [0, 0.05) is 5.56 Å². The number of primary amides is 1. The number of nitrogens with two attached hydrogens (primary N) is 1. The van der Waals surface area contributed by atoms with Gasteiger partial charge in [0.15, 0.2) is 0 Å². The number of hydrogen-bond acceptors (Lipinski definition) is 2. The van der Waals surface area contributed by atoms with Crippen molar-refractivity contribution in [3.05, 3.63) is 29.3 Å². The van der Waals surface area contributed by atoms with Gasteiger partial charge in [0.1, 0.15) is 5.75 Å². The molecule has 2 rings (SSSR count). The van der Waals surface area contributed by atoms with E-state index in [9.17, 15) is 4.79 Å². The first kappa shape index (κ1) is 9.06. The lowest BCUT2D eigenvalue weighted by Gasteiger charge is -2.06. The Balaban J connectivity index is 2.25. The van der Waals surface area contributed by atoms with E-state index in [-0.39, 0.29) is 0 Å². The van der Waals surface area contributed by atoms with Crippen LogP contribution in [0, 0.1) is 6.92 Å². The summed E-state index contributed by atoms with van der Waals surface area (Å²) in [6.07, 6.45) is 2.57. The SMILES string of the molecule is Cc1cc(OC2CC2)cc(C(N)=O)c1. The van der Waals surface area contributed by atoms with Gasteiger partial charge in [-0.05, 0) is 43.5 Å². The van der Waals surface area contributed by atoms with Gasteiger partial charge in [0.05, 0.1) is 6.10 Å². The average molecular weight is 191 g/mol. The maximum atomic E-state index is 11.0. The lowest BCUT2D eigenvalue weighted by Crippen LogP contribution is -2.11. The minimum atomic E-state index is -0.408. The molecule has 3 heteroatoms. The van der Waals surface area contributed by atoms with Gasteiger partial charge in [-0.3, -0.25) is 4.79 Å². The standard InChI is InChI=1S/C11H13NO2/c1-7-4-8(11(12)13)6-10(5-7)14-9-2-3-9/h4-6,9H,2-3H2,1H3,(H2,12,13). The highest BCUT2D eigenvalue weighted by molar-refractivity contribution is 5.93. The van der Waals surface area contributed by atoms with Gasteiger partial charge in [-0.2, -0.15) is 0 Å². The van der Waals surface area contributed by atoms with Crippen LogP contribution >= 0.6 is 0 Å². The number of hydrogen-bond donors (Lipinski definition) is 1. The number of carbonyl (C=O) groups excluding carboxylic acids is 1. The van der Waals surface area contributed by atoms with Crippen LogP contribution in [-0.2, 0) is 0 Å². The zero-order valence-electron chi connectivity index (χ0n) is 8.12. The fraction of sp³-hybridized carbons (Fsp3) is 0.364.